The van der Waals surface area contributed by atoms with Crippen LogP contribution in [-0.4, -0.2) is 39.5 Å². The summed E-state index contributed by atoms with van der Waals surface area (Å²) in [5, 5.41) is 14.7. The quantitative estimate of drug-likeness (QED) is 0.634. The van der Waals surface area contributed by atoms with Gasteiger partial charge in [0.15, 0.2) is 6.10 Å². The smallest absolute Gasteiger partial charge is 0.333 e. The van der Waals surface area contributed by atoms with E-state index >= 15 is 0 Å². The largest absolute Gasteiger partial charge is 0.479 e. The Bertz CT molecular complexity index is 247. The van der Waals surface area contributed by atoms with Crippen molar-refractivity contribution in [1.29, 1.82) is 0 Å². The Kier molecular flexibility index (Phi) is 2.76. The molecule has 0 aliphatic rings. The Morgan fingerprint density at radius 2 is 2.67 bits per heavy atom. The first kappa shape index (κ1) is 8.66. The van der Waals surface area contributed by atoms with Crippen molar-refractivity contribution < 1.29 is 14.6 Å². The molecule has 1 aromatic rings. The summed E-state index contributed by atoms with van der Waals surface area (Å²) in [5.74, 6) is -0.502. The van der Waals surface area contributed by atoms with Gasteiger partial charge in [-0.25, -0.2) is 9.78 Å². The minimum Gasteiger partial charge on any atom is -0.479 e. The summed E-state index contributed by atoms with van der Waals surface area (Å²) in [6.45, 7) is 0. The maximum absolute atomic E-state index is 10.5. The first-order chi connectivity index (χ1) is 5.74. The number of hydrogen-bond acceptors (Lipinski definition) is 4. The summed E-state index contributed by atoms with van der Waals surface area (Å²) in [7, 11) is 1.34. The molecule has 0 saturated carbocycles. The molecule has 66 valence electrons. The maximum atomic E-state index is 10.5. The molecule has 0 fully saturated rings. The molecule has 0 aliphatic carbocycles. The zero-order valence-corrected chi connectivity index (χ0v) is 6.52. The van der Waals surface area contributed by atoms with Crippen molar-refractivity contribution in [1.82, 2.24) is 15.2 Å². The van der Waals surface area contributed by atoms with E-state index in [1.807, 2.05) is 0 Å². The molecule has 1 unspecified atom stereocenters. The zero-order valence-electron chi connectivity index (χ0n) is 6.52. The fourth-order valence-electron chi connectivity index (χ4n) is 0.776. The van der Waals surface area contributed by atoms with Crippen LogP contribution < -0.4 is 0 Å². The van der Waals surface area contributed by atoms with Crippen molar-refractivity contribution in [2.45, 2.75) is 12.5 Å². The summed E-state index contributed by atoms with van der Waals surface area (Å²) in [4.78, 5) is 14.2. The van der Waals surface area contributed by atoms with Crippen molar-refractivity contribution in [3.8, 4) is 0 Å². The van der Waals surface area contributed by atoms with Gasteiger partial charge in [-0.3, -0.25) is 5.10 Å². The van der Waals surface area contributed by atoms with Crippen LogP contribution in [0, 0.1) is 0 Å². The monoisotopic (exact) mass is 171 g/mol. The average molecular weight is 171 g/mol. The molecule has 0 spiro atoms. The summed E-state index contributed by atoms with van der Waals surface area (Å²) in [6.07, 6.45) is 0.661. The summed E-state index contributed by atoms with van der Waals surface area (Å²) in [6, 6.07) is 0. The Morgan fingerprint density at radius 3 is 3.08 bits per heavy atom. The molecule has 0 amide bonds. The lowest BCUT2D eigenvalue weighted by Crippen LogP contribution is -2.25. The fraction of sp³-hybridized carbons (Fsp3) is 0.500. The number of aliphatic carboxylic acids is 1. The first-order valence-corrected chi connectivity index (χ1v) is 3.34. The standard InChI is InChI=1S/C6H9N3O3/c1-12-4(6(10)11)2-5-7-3-8-9-5/h3-4H,2H2,1H3,(H,10,11)(H,7,8,9). The molecular formula is C6H9N3O3. The number of carbonyl (C=O) groups is 1. The normalized spacial score (nSPS) is 12.8. The van der Waals surface area contributed by atoms with Crippen molar-refractivity contribution in [3.05, 3.63) is 12.2 Å². The van der Waals surface area contributed by atoms with Crippen LogP contribution in [0.2, 0.25) is 0 Å². The number of nitrogens with zero attached hydrogens (tertiary/aromatic N) is 2. The number of carboxylic acid groups (broad SMARTS) is 1. The van der Waals surface area contributed by atoms with Crippen LogP contribution in [0.3, 0.4) is 0 Å². The lowest BCUT2D eigenvalue weighted by Gasteiger charge is -2.06. The molecule has 0 aromatic carbocycles. The van der Waals surface area contributed by atoms with Crippen LogP contribution in [0.15, 0.2) is 6.33 Å². The van der Waals surface area contributed by atoms with Gasteiger partial charge in [-0.15, -0.1) is 0 Å². The average Bonchev–Trinajstić information content (AvgIpc) is 2.51. The molecular weight excluding hydrogens is 162 g/mol. The van der Waals surface area contributed by atoms with E-state index in [9.17, 15) is 4.79 Å². The lowest BCUT2D eigenvalue weighted by molar-refractivity contribution is -0.148. The maximum Gasteiger partial charge on any atom is 0.333 e. The molecule has 0 saturated heterocycles. The van der Waals surface area contributed by atoms with E-state index in [2.05, 4.69) is 15.2 Å². The van der Waals surface area contributed by atoms with Crippen LogP contribution in [0.1, 0.15) is 5.82 Å². The highest BCUT2D eigenvalue weighted by Crippen LogP contribution is 1.98. The first-order valence-electron chi connectivity index (χ1n) is 3.34. The molecule has 2 N–H and O–H groups in total. The number of carboxylic acids is 1. The van der Waals surface area contributed by atoms with Gasteiger partial charge >= 0.3 is 5.97 Å². The van der Waals surface area contributed by atoms with Crippen LogP contribution in [0.4, 0.5) is 0 Å². The van der Waals surface area contributed by atoms with Gasteiger partial charge in [0.1, 0.15) is 12.2 Å². The Labute approximate surface area is 68.6 Å². The second kappa shape index (κ2) is 3.82. The van der Waals surface area contributed by atoms with Crippen LogP contribution in [-0.2, 0) is 16.0 Å². The molecule has 1 atom stereocenters. The molecule has 6 heteroatoms. The van der Waals surface area contributed by atoms with Crippen molar-refractivity contribution in [3.63, 3.8) is 0 Å². The summed E-state index contributed by atoms with van der Waals surface area (Å²) >= 11 is 0. The minimum absolute atomic E-state index is 0.200. The van der Waals surface area contributed by atoms with Gasteiger partial charge in [0.2, 0.25) is 0 Å². The Morgan fingerprint density at radius 1 is 1.92 bits per heavy atom. The van der Waals surface area contributed by atoms with Crippen molar-refractivity contribution >= 4 is 5.97 Å². The third-order valence-corrected chi connectivity index (χ3v) is 1.40. The molecule has 1 rings (SSSR count). The van der Waals surface area contributed by atoms with E-state index in [1.54, 1.807) is 0 Å². The number of ether oxygens (including phenoxy) is 1. The summed E-state index contributed by atoms with van der Waals surface area (Å²) in [5.41, 5.74) is 0. The fourth-order valence-corrected chi connectivity index (χ4v) is 0.776. The van der Waals surface area contributed by atoms with Gasteiger partial charge in [0.05, 0.1) is 0 Å². The number of rotatable bonds is 4. The van der Waals surface area contributed by atoms with Gasteiger partial charge in [-0.05, 0) is 0 Å². The minimum atomic E-state index is -1.01. The third kappa shape index (κ3) is 2.03. The van der Waals surface area contributed by atoms with Crippen molar-refractivity contribution in [2.75, 3.05) is 7.11 Å². The third-order valence-electron chi connectivity index (χ3n) is 1.40. The Hall–Kier alpha value is -1.43. The molecule has 6 nitrogen and oxygen atoms in total. The highest BCUT2D eigenvalue weighted by Gasteiger charge is 2.17. The summed E-state index contributed by atoms with van der Waals surface area (Å²) < 4.78 is 4.70. The van der Waals surface area contributed by atoms with Crippen LogP contribution in [0.5, 0.6) is 0 Å². The molecule has 12 heavy (non-hydrogen) atoms. The van der Waals surface area contributed by atoms with E-state index < -0.39 is 12.1 Å². The molecule has 0 aliphatic heterocycles. The Balaban J connectivity index is 2.54. The van der Waals surface area contributed by atoms with E-state index in [0.29, 0.717) is 5.82 Å². The van der Waals surface area contributed by atoms with E-state index in [1.165, 1.54) is 13.4 Å². The lowest BCUT2D eigenvalue weighted by atomic mass is 10.2. The molecule has 0 radical (unpaired) electrons. The highest BCUT2D eigenvalue weighted by atomic mass is 16.5. The predicted octanol–water partition coefficient (Wildman–Crippen LogP) is -0.553. The second-order valence-corrected chi connectivity index (χ2v) is 2.20. The van der Waals surface area contributed by atoms with Gasteiger partial charge in [-0.1, -0.05) is 0 Å². The van der Waals surface area contributed by atoms with Gasteiger partial charge < -0.3 is 9.84 Å². The number of nitrogens with one attached hydrogen (secondary N) is 1. The SMILES string of the molecule is COC(Cc1ncn[nH]1)C(=O)O. The number of aromatic nitrogens is 3. The van der Waals surface area contributed by atoms with Crippen LogP contribution in [0.25, 0.3) is 0 Å². The van der Waals surface area contributed by atoms with Gasteiger partial charge in [0, 0.05) is 13.5 Å². The highest BCUT2D eigenvalue weighted by molar-refractivity contribution is 5.72. The second-order valence-electron chi connectivity index (χ2n) is 2.20. The number of aromatic amines is 1. The van der Waals surface area contributed by atoms with E-state index in [-0.39, 0.29) is 6.42 Å². The molecule has 0 bridgehead atoms. The number of H-pyrrole nitrogens is 1. The van der Waals surface area contributed by atoms with E-state index in [0.717, 1.165) is 0 Å². The number of hydrogen-bond donors (Lipinski definition) is 2. The molecule has 1 heterocycles. The van der Waals surface area contributed by atoms with Crippen molar-refractivity contribution in [2.24, 2.45) is 0 Å². The number of methoxy groups -OCH3 is 1. The predicted molar refractivity (Wildman–Crippen MR) is 38.5 cm³/mol. The zero-order chi connectivity index (χ0) is 8.97. The van der Waals surface area contributed by atoms with Gasteiger partial charge in [0.25, 0.3) is 0 Å². The van der Waals surface area contributed by atoms with Crippen LogP contribution >= 0.6 is 0 Å². The topological polar surface area (TPSA) is 88.1 Å². The molecule has 1 aromatic heterocycles. The van der Waals surface area contributed by atoms with Gasteiger partial charge in [-0.2, -0.15) is 5.10 Å². The van der Waals surface area contributed by atoms with E-state index in [4.69, 9.17) is 9.84 Å².